The zero-order valence-electron chi connectivity index (χ0n) is 11.4. The lowest BCUT2D eigenvalue weighted by Crippen LogP contribution is -2.60. The van der Waals surface area contributed by atoms with Gasteiger partial charge >= 0.3 is 8.97 Å². The van der Waals surface area contributed by atoms with Crippen LogP contribution in [0.15, 0.2) is 0 Å². The highest BCUT2D eigenvalue weighted by molar-refractivity contribution is 6.57. The molecule has 0 radical (unpaired) electrons. The van der Waals surface area contributed by atoms with Crippen molar-refractivity contribution >= 4 is 8.97 Å². The maximum absolute atomic E-state index is 5.51. The molecule has 98 valence electrons. The van der Waals surface area contributed by atoms with Gasteiger partial charge in [0.25, 0.3) is 0 Å². The highest BCUT2D eigenvalue weighted by Crippen LogP contribution is 2.15. The molecule has 0 atom stereocenters. The number of unbranched alkanes of at least 4 members (excludes halogenated alkanes) is 2. The molecule has 0 fully saturated rings. The van der Waals surface area contributed by atoms with Crippen LogP contribution in [0, 0.1) is 0 Å². The quantitative estimate of drug-likeness (QED) is 0.556. The predicted octanol–water partition coefficient (Wildman–Crippen LogP) is 2.26. The van der Waals surface area contributed by atoms with Crippen LogP contribution in [0.1, 0.15) is 39.5 Å². The average molecular weight is 249 g/mol. The SMILES string of the molecule is CCCCN(CCCC)[Si](OC)(OC)OC. The summed E-state index contributed by atoms with van der Waals surface area (Å²) in [5, 5.41) is 0. The van der Waals surface area contributed by atoms with Crippen molar-refractivity contribution in [2.24, 2.45) is 0 Å². The van der Waals surface area contributed by atoms with Crippen molar-refractivity contribution in [2.45, 2.75) is 39.5 Å². The Morgan fingerprint density at radius 1 is 0.812 bits per heavy atom. The fraction of sp³-hybridized carbons (Fsp3) is 1.00. The van der Waals surface area contributed by atoms with Crippen LogP contribution in [-0.4, -0.2) is 48.0 Å². The highest BCUT2D eigenvalue weighted by Gasteiger charge is 2.45. The lowest BCUT2D eigenvalue weighted by Gasteiger charge is -2.35. The maximum atomic E-state index is 5.51. The van der Waals surface area contributed by atoms with Crippen molar-refractivity contribution in [2.75, 3.05) is 34.4 Å². The minimum Gasteiger partial charge on any atom is -0.364 e. The predicted molar refractivity (Wildman–Crippen MR) is 68.2 cm³/mol. The van der Waals surface area contributed by atoms with Crippen molar-refractivity contribution in [1.82, 2.24) is 4.57 Å². The highest BCUT2D eigenvalue weighted by atomic mass is 28.4. The van der Waals surface area contributed by atoms with Crippen molar-refractivity contribution in [3.63, 3.8) is 0 Å². The molecule has 0 saturated heterocycles. The van der Waals surface area contributed by atoms with Crippen LogP contribution in [0.5, 0.6) is 0 Å². The summed E-state index contributed by atoms with van der Waals surface area (Å²) in [4.78, 5) is 0. The molecule has 4 nitrogen and oxygen atoms in total. The Bertz CT molecular complexity index is 149. The minimum absolute atomic E-state index is 0.984. The van der Waals surface area contributed by atoms with Gasteiger partial charge in [0, 0.05) is 21.3 Å². The zero-order valence-corrected chi connectivity index (χ0v) is 12.4. The Kier molecular flexibility index (Phi) is 9.16. The van der Waals surface area contributed by atoms with E-state index < -0.39 is 8.97 Å². The van der Waals surface area contributed by atoms with Crippen LogP contribution in [0.2, 0.25) is 0 Å². The third-order valence-electron chi connectivity index (χ3n) is 2.72. The van der Waals surface area contributed by atoms with Gasteiger partial charge < -0.3 is 13.3 Å². The standard InChI is InChI=1S/C11H27NO3Si/c1-6-8-10-12(11-9-7-2)16(13-3,14-4)15-5/h6-11H2,1-5H3. The second-order valence-electron chi connectivity index (χ2n) is 3.83. The molecule has 0 amide bonds. The molecule has 0 unspecified atom stereocenters. The summed E-state index contributed by atoms with van der Waals surface area (Å²) in [5.74, 6) is 0. The van der Waals surface area contributed by atoms with Crippen LogP contribution in [0.3, 0.4) is 0 Å². The molecule has 0 heterocycles. The van der Waals surface area contributed by atoms with Crippen LogP contribution in [-0.2, 0) is 13.3 Å². The lowest BCUT2D eigenvalue weighted by atomic mass is 10.3. The van der Waals surface area contributed by atoms with Gasteiger partial charge in [0.1, 0.15) is 0 Å². The van der Waals surface area contributed by atoms with E-state index in [1.807, 2.05) is 0 Å². The van der Waals surface area contributed by atoms with Crippen LogP contribution in [0.25, 0.3) is 0 Å². The molecule has 0 aliphatic rings. The number of hydrogen-bond donors (Lipinski definition) is 0. The molecule has 0 spiro atoms. The second-order valence-corrected chi connectivity index (χ2v) is 6.74. The Morgan fingerprint density at radius 3 is 1.44 bits per heavy atom. The molecule has 0 bridgehead atoms. The van der Waals surface area contributed by atoms with E-state index in [1.165, 1.54) is 12.8 Å². The smallest absolute Gasteiger partial charge is 0.364 e. The van der Waals surface area contributed by atoms with E-state index >= 15 is 0 Å². The third-order valence-corrected chi connectivity index (χ3v) is 5.49. The lowest BCUT2D eigenvalue weighted by molar-refractivity contribution is 0.0562. The first-order valence-electron chi connectivity index (χ1n) is 6.11. The Labute approximate surface area is 101 Å². The summed E-state index contributed by atoms with van der Waals surface area (Å²) in [6.07, 6.45) is 4.64. The van der Waals surface area contributed by atoms with Gasteiger partial charge in [-0.25, -0.2) is 0 Å². The van der Waals surface area contributed by atoms with Crippen molar-refractivity contribution < 1.29 is 13.3 Å². The molecule has 0 aromatic rings. The molecular weight excluding hydrogens is 222 g/mol. The molecule has 0 saturated carbocycles. The summed E-state index contributed by atoms with van der Waals surface area (Å²) in [6.45, 7) is 6.35. The first-order valence-corrected chi connectivity index (χ1v) is 7.78. The van der Waals surface area contributed by atoms with E-state index in [4.69, 9.17) is 13.3 Å². The molecule has 0 aliphatic heterocycles. The van der Waals surface area contributed by atoms with E-state index in [9.17, 15) is 0 Å². The van der Waals surface area contributed by atoms with E-state index in [2.05, 4.69) is 18.4 Å². The van der Waals surface area contributed by atoms with Gasteiger partial charge in [0.15, 0.2) is 0 Å². The van der Waals surface area contributed by atoms with E-state index in [-0.39, 0.29) is 0 Å². The van der Waals surface area contributed by atoms with Gasteiger partial charge in [-0.2, -0.15) is 0 Å². The molecule has 5 heteroatoms. The van der Waals surface area contributed by atoms with Gasteiger partial charge in [-0.3, -0.25) is 4.57 Å². The molecule has 16 heavy (non-hydrogen) atoms. The summed E-state index contributed by atoms with van der Waals surface area (Å²) in [5.41, 5.74) is 0. The van der Waals surface area contributed by atoms with Crippen LogP contribution < -0.4 is 0 Å². The Balaban J connectivity index is 4.52. The minimum atomic E-state index is -2.59. The van der Waals surface area contributed by atoms with Gasteiger partial charge in [-0.15, -0.1) is 0 Å². The molecule has 0 aromatic carbocycles. The normalized spacial score (nSPS) is 12.4. The largest absolute Gasteiger partial charge is 0.598 e. The average Bonchev–Trinajstić information content (AvgIpc) is 2.34. The van der Waals surface area contributed by atoms with Gasteiger partial charge in [-0.05, 0) is 25.9 Å². The van der Waals surface area contributed by atoms with E-state index in [0.29, 0.717) is 0 Å². The summed E-state index contributed by atoms with van der Waals surface area (Å²) in [7, 11) is 2.42. The van der Waals surface area contributed by atoms with Gasteiger partial charge in [0.05, 0.1) is 0 Å². The molecule has 0 rings (SSSR count). The van der Waals surface area contributed by atoms with Crippen molar-refractivity contribution in [3.8, 4) is 0 Å². The summed E-state index contributed by atoms with van der Waals surface area (Å²) < 4.78 is 18.8. The number of rotatable bonds is 10. The van der Waals surface area contributed by atoms with Crippen molar-refractivity contribution in [3.05, 3.63) is 0 Å². The second kappa shape index (κ2) is 9.12. The maximum Gasteiger partial charge on any atom is 0.598 e. The molecular formula is C11H27NO3Si. The fourth-order valence-electron chi connectivity index (χ4n) is 1.72. The third kappa shape index (κ3) is 4.51. The molecule has 0 aromatic heterocycles. The van der Waals surface area contributed by atoms with Gasteiger partial charge in [-0.1, -0.05) is 26.7 Å². The van der Waals surface area contributed by atoms with Crippen molar-refractivity contribution in [1.29, 1.82) is 0 Å². The monoisotopic (exact) mass is 249 g/mol. The fourth-order valence-corrected chi connectivity index (χ4v) is 3.86. The first-order chi connectivity index (χ1) is 7.70. The number of nitrogens with zero attached hydrogens (tertiary/aromatic N) is 1. The zero-order chi connectivity index (χ0) is 12.4. The molecule has 0 N–H and O–H groups in total. The molecule has 0 aliphatic carbocycles. The summed E-state index contributed by atoms with van der Waals surface area (Å²) >= 11 is 0. The van der Waals surface area contributed by atoms with E-state index in [0.717, 1.165) is 25.9 Å². The van der Waals surface area contributed by atoms with E-state index in [1.54, 1.807) is 21.3 Å². The van der Waals surface area contributed by atoms with Crippen LogP contribution >= 0.6 is 0 Å². The summed E-state index contributed by atoms with van der Waals surface area (Å²) in [6, 6.07) is 0. The van der Waals surface area contributed by atoms with Gasteiger partial charge in [0.2, 0.25) is 0 Å². The number of hydrogen-bond acceptors (Lipinski definition) is 4. The Hall–Kier alpha value is 0.0569. The first kappa shape index (κ1) is 16.1. The topological polar surface area (TPSA) is 30.9 Å². The Morgan fingerprint density at radius 2 is 1.19 bits per heavy atom. The van der Waals surface area contributed by atoms with Crippen LogP contribution in [0.4, 0.5) is 0 Å².